The van der Waals surface area contributed by atoms with Gasteiger partial charge in [-0.2, -0.15) is 0 Å². The van der Waals surface area contributed by atoms with Gasteiger partial charge in [0, 0.05) is 15.6 Å². The molecular weight excluding hydrogens is 299 g/mol. The highest BCUT2D eigenvalue weighted by molar-refractivity contribution is 6.33. The molecule has 0 amide bonds. The highest BCUT2D eigenvalue weighted by Crippen LogP contribution is 2.31. The summed E-state index contributed by atoms with van der Waals surface area (Å²) in [6, 6.07) is 10.1. The molecule has 102 valence electrons. The van der Waals surface area contributed by atoms with Crippen LogP contribution in [0.5, 0.6) is 0 Å². The van der Waals surface area contributed by atoms with Gasteiger partial charge in [-0.05, 0) is 35.9 Å². The summed E-state index contributed by atoms with van der Waals surface area (Å²) in [7, 11) is 0. The first kappa shape index (κ1) is 13.2. The number of aliphatic hydroxyl groups excluding tert-OH is 1. The minimum absolute atomic E-state index is 0.285. The third-order valence-corrected chi connectivity index (χ3v) is 3.69. The van der Waals surface area contributed by atoms with Crippen molar-refractivity contribution in [2.24, 2.45) is 0 Å². The monoisotopic (exact) mass is 308 g/mol. The summed E-state index contributed by atoms with van der Waals surface area (Å²) in [5.74, 6) is 0. The van der Waals surface area contributed by atoms with Crippen molar-refractivity contribution in [1.82, 2.24) is 9.97 Å². The Morgan fingerprint density at radius 2 is 1.75 bits per heavy atom. The molecular formula is C14H10Cl2N2O2. The molecule has 3 aromatic rings. The minimum atomic E-state index is -0.913. The van der Waals surface area contributed by atoms with E-state index in [0.29, 0.717) is 32.2 Å². The molecule has 0 saturated heterocycles. The van der Waals surface area contributed by atoms with Crippen LogP contribution in [-0.2, 0) is 0 Å². The molecule has 1 heterocycles. The second-order valence-corrected chi connectivity index (χ2v) is 5.30. The van der Waals surface area contributed by atoms with Gasteiger partial charge in [-0.25, -0.2) is 4.79 Å². The Labute approximate surface area is 124 Å². The van der Waals surface area contributed by atoms with E-state index in [2.05, 4.69) is 9.97 Å². The van der Waals surface area contributed by atoms with E-state index in [0.717, 1.165) is 0 Å². The van der Waals surface area contributed by atoms with Crippen molar-refractivity contribution < 1.29 is 5.11 Å². The number of halogens is 2. The molecule has 6 heteroatoms. The van der Waals surface area contributed by atoms with Crippen molar-refractivity contribution in [1.29, 1.82) is 0 Å². The molecule has 1 aromatic heterocycles. The van der Waals surface area contributed by atoms with E-state index in [1.807, 2.05) is 0 Å². The van der Waals surface area contributed by atoms with Crippen molar-refractivity contribution in [3.05, 3.63) is 68.1 Å². The van der Waals surface area contributed by atoms with Gasteiger partial charge in [-0.3, -0.25) is 0 Å². The fraction of sp³-hybridized carbons (Fsp3) is 0.0714. The van der Waals surface area contributed by atoms with Crippen LogP contribution in [0, 0.1) is 0 Å². The summed E-state index contributed by atoms with van der Waals surface area (Å²) in [6.45, 7) is 0. The van der Waals surface area contributed by atoms with Crippen LogP contribution in [0.25, 0.3) is 11.0 Å². The SMILES string of the molecule is O=c1[nH]c2ccc(C(O)c3cc(Cl)ccc3Cl)cc2[nH]1. The van der Waals surface area contributed by atoms with Gasteiger partial charge in [0.05, 0.1) is 11.0 Å². The lowest BCUT2D eigenvalue weighted by atomic mass is 10.0. The van der Waals surface area contributed by atoms with Crippen LogP contribution in [0.2, 0.25) is 10.0 Å². The lowest BCUT2D eigenvalue weighted by Gasteiger charge is -2.13. The average Bonchev–Trinajstić information content (AvgIpc) is 2.79. The van der Waals surface area contributed by atoms with E-state index in [1.54, 1.807) is 36.4 Å². The number of aromatic amines is 2. The maximum Gasteiger partial charge on any atom is 0.323 e. The third kappa shape index (κ3) is 2.33. The number of aliphatic hydroxyl groups is 1. The smallest absolute Gasteiger partial charge is 0.323 e. The number of hydrogen-bond donors (Lipinski definition) is 3. The Bertz CT molecular complexity index is 839. The molecule has 1 unspecified atom stereocenters. The van der Waals surface area contributed by atoms with Gasteiger partial charge in [0.15, 0.2) is 0 Å². The number of hydrogen-bond acceptors (Lipinski definition) is 2. The van der Waals surface area contributed by atoms with Crippen molar-refractivity contribution in [3.63, 3.8) is 0 Å². The highest BCUT2D eigenvalue weighted by atomic mass is 35.5. The Morgan fingerprint density at radius 1 is 1.00 bits per heavy atom. The fourth-order valence-corrected chi connectivity index (χ4v) is 2.53. The molecule has 3 rings (SSSR count). The standard InChI is InChI=1S/C14H10Cl2N2O2/c15-8-2-3-10(16)9(6-8)13(19)7-1-4-11-12(5-7)18-14(20)17-11/h1-6,13,19H,(H2,17,18,20). The zero-order valence-corrected chi connectivity index (χ0v) is 11.7. The van der Waals surface area contributed by atoms with Crippen molar-refractivity contribution in [2.75, 3.05) is 0 Å². The number of fused-ring (bicyclic) bond motifs is 1. The number of nitrogens with one attached hydrogen (secondary N) is 2. The van der Waals surface area contributed by atoms with Crippen LogP contribution < -0.4 is 5.69 Å². The Hall–Kier alpha value is -1.75. The second kappa shape index (κ2) is 4.98. The van der Waals surface area contributed by atoms with Crippen LogP contribution in [0.4, 0.5) is 0 Å². The maximum atomic E-state index is 11.2. The predicted octanol–water partition coefficient (Wildman–Crippen LogP) is 3.24. The van der Waals surface area contributed by atoms with Gasteiger partial charge in [0.25, 0.3) is 0 Å². The molecule has 0 bridgehead atoms. The zero-order valence-electron chi connectivity index (χ0n) is 10.2. The van der Waals surface area contributed by atoms with E-state index >= 15 is 0 Å². The maximum absolute atomic E-state index is 11.2. The van der Waals surface area contributed by atoms with Gasteiger partial charge in [0.2, 0.25) is 0 Å². The van der Waals surface area contributed by atoms with Crippen molar-refractivity contribution in [2.45, 2.75) is 6.10 Å². The molecule has 0 saturated carbocycles. The van der Waals surface area contributed by atoms with E-state index in [4.69, 9.17) is 23.2 Å². The Morgan fingerprint density at radius 3 is 2.55 bits per heavy atom. The minimum Gasteiger partial charge on any atom is -0.384 e. The van der Waals surface area contributed by atoms with Gasteiger partial charge in [-0.1, -0.05) is 29.3 Å². The number of imidazole rings is 1. The molecule has 1 atom stereocenters. The predicted molar refractivity (Wildman–Crippen MR) is 79.4 cm³/mol. The largest absolute Gasteiger partial charge is 0.384 e. The number of H-pyrrole nitrogens is 2. The molecule has 0 aliphatic heterocycles. The quantitative estimate of drug-likeness (QED) is 0.680. The molecule has 3 N–H and O–H groups in total. The fourth-order valence-electron chi connectivity index (χ4n) is 2.12. The van der Waals surface area contributed by atoms with Crippen molar-refractivity contribution in [3.8, 4) is 0 Å². The van der Waals surface area contributed by atoms with E-state index in [9.17, 15) is 9.90 Å². The topological polar surface area (TPSA) is 68.9 Å². The molecule has 4 nitrogen and oxygen atoms in total. The molecule has 0 spiro atoms. The molecule has 0 aliphatic carbocycles. The van der Waals surface area contributed by atoms with Gasteiger partial charge < -0.3 is 15.1 Å². The molecule has 2 aromatic carbocycles. The van der Waals surface area contributed by atoms with Crippen LogP contribution in [-0.4, -0.2) is 15.1 Å². The van der Waals surface area contributed by atoms with Gasteiger partial charge >= 0.3 is 5.69 Å². The molecule has 0 radical (unpaired) electrons. The lowest BCUT2D eigenvalue weighted by Crippen LogP contribution is -2.00. The lowest BCUT2D eigenvalue weighted by molar-refractivity contribution is 0.220. The van der Waals surface area contributed by atoms with E-state index in [1.165, 1.54) is 0 Å². The summed E-state index contributed by atoms with van der Waals surface area (Å²) in [5.41, 5.74) is 2.17. The molecule has 20 heavy (non-hydrogen) atoms. The molecule has 0 fully saturated rings. The van der Waals surface area contributed by atoms with Gasteiger partial charge in [0.1, 0.15) is 6.10 Å². The first-order valence-corrected chi connectivity index (χ1v) is 6.65. The van der Waals surface area contributed by atoms with E-state index < -0.39 is 6.10 Å². The summed E-state index contributed by atoms with van der Waals surface area (Å²) < 4.78 is 0. The highest BCUT2D eigenvalue weighted by Gasteiger charge is 2.15. The van der Waals surface area contributed by atoms with E-state index in [-0.39, 0.29) is 5.69 Å². The zero-order chi connectivity index (χ0) is 14.3. The first-order chi connectivity index (χ1) is 9.54. The summed E-state index contributed by atoms with van der Waals surface area (Å²) in [5, 5.41) is 11.4. The molecule has 0 aliphatic rings. The van der Waals surface area contributed by atoms with Crippen LogP contribution >= 0.6 is 23.2 Å². The Kier molecular flexibility index (Phi) is 3.30. The average molecular weight is 309 g/mol. The van der Waals surface area contributed by atoms with Crippen molar-refractivity contribution >= 4 is 34.2 Å². The number of aromatic nitrogens is 2. The summed E-state index contributed by atoms with van der Waals surface area (Å²) >= 11 is 12.0. The Balaban J connectivity index is 2.09. The third-order valence-electron chi connectivity index (χ3n) is 3.11. The normalized spacial score (nSPS) is 12.8. The number of benzene rings is 2. The van der Waals surface area contributed by atoms with Gasteiger partial charge in [-0.15, -0.1) is 0 Å². The van der Waals surface area contributed by atoms with Crippen LogP contribution in [0.3, 0.4) is 0 Å². The second-order valence-electron chi connectivity index (χ2n) is 4.45. The van der Waals surface area contributed by atoms with Crippen LogP contribution in [0.1, 0.15) is 17.2 Å². The van der Waals surface area contributed by atoms with Crippen LogP contribution in [0.15, 0.2) is 41.2 Å². The summed E-state index contributed by atoms with van der Waals surface area (Å²) in [6.07, 6.45) is -0.913. The summed E-state index contributed by atoms with van der Waals surface area (Å²) in [4.78, 5) is 16.5. The first-order valence-electron chi connectivity index (χ1n) is 5.89. The number of rotatable bonds is 2.